The molecule has 2 aromatic carbocycles. The molecule has 2 saturated heterocycles. The van der Waals surface area contributed by atoms with Gasteiger partial charge in [0.25, 0.3) is 5.89 Å². The number of para-hydroxylation sites is 2. The van der Waals surface area contributed by atoms with Gasteiger partial charge in [-0.2, -0.15) is 0 Å². The molecule has 35 heavy (non-hydrogen) atoms. The van der Waals surface area contributed by atoms with Gasteiger partial charge in [0, 0.05) is 36.8 Å². The van der Waals surface area contributed by atoms with E-state index in [0.29, 0.717) is 36.3 Å². The van der Waals surface area contributed by atoms with Crippen LogP contribution in [-0.2, 0) is 9.59 Å². The molecular formula is C26H29N5O4. The van der Waals surface area contributed by atoms with Crippen molar-refractivity contribution in [3.8, 4) is 0 Å². The second kappa shape index (κ2) is 9.87. The molecule has 182 valence electrons. The predicted octanol–water partition coefficient (Wildman–Crippen LogP) is 3.03. The lowest BCUT2D eigenvalue weighted by Gasteiger charge is -2.23. The van der Waals surface area contributed by atoms with Crippen molar-refractivity contribution in [3.05, 3.63) is 54.4 Å². The zero-order chi connectivity index (χ0) is 24.4. The second-order valence-electron chi connectivity index (χ2n) is 9.23. The number of likely N-dealkylation sites (tertiary alicyclic amines) is 1. The van der Waals surface area contributed by atoms with Crippen LogP contribution in [0.1, 0.15) is 36.9 Å². The number of nitrogens with zero attached hydrogens (tertiary/aromatic N) is 3. The number of oxazole rings is 1. The van der Waals surface area contributed by atoms with Crippen LogP contribution in [0.3, 0.4) is 0 Å². The summed E-state index contributed by atoms with van der Waals surface area (Å²) in [5, 5.41) is 5.80. The number of nitrogens with one attached hydrogen (secondary N) is 2. The number of carbonyl (C=O) groups is 3. The summed E-state index contributed by atoms with van der Waals surface area (Å²) < 4.78 is 5.51. The number of anilines is 2. The maximum absolute atomic E-state index is 12.6. The van der Waals surface area contributed by atoms with Crippen LogP contribution in [0, 0.1) is 5.92 Å². The van der Waals surface area contributed by atoms with E-state index in [2.05, 4.69) is 20.5 Å². The minimum absolute atomic E-state index is 0.00514. The number of carbonyl (C=O) groups excluding carboxylic acids is 3. The lowest BCUT2D eigenvalue weighted by Crippen LogP contribution is -2.40. The van der Waals surface area contributed by atoms with Crippen LogP contribution < -0.4 is 15.5 Å². The van der Waals surface area contributed by atoms with Crippen molar-refractivity contribution in [1.82, 2.24) is 15.2 Å². The highest BCUT2D eigenvalue weighted by Gasteiger charge is 2.31. The van der Waals surface area contributed by atoms with Gasteiger partial charge in [0.05, 0.1) is 6.04 Å². The standard InChI is InChI=1S/C26H29N5O4/c1-17(30-12-4-5-13-30)24(33)28-19-8-10-20(11-9-19)31-16-18(14-23(31)32)15-27-25(34)26-29-21-6-2-3-7-22(21)35-26/h2-3,6-11,17-18H,4-5,12-16H2,1H3,(H,27,34)(H,28,33). The highest BCUT2D eigenvalue weighted by atomic mass is 16.4. The van der Waals surface area contributed by atoms with Gasteiger partial charge in [-0.15, -0.1) is 0 Å². The Labute approximate surface area is 203 Å². The Morgan fingerprint density at radius 1 is 1.11 bits per heavy atom. The minimum Gasteiger partial charge on any atom is -0.432 e. The Balaban J connectivity index is 1.14. The van der Waals surface area contributed by atoms with Crippen molar-refractivity contribution in [2.45, 2.75) is 32.2 Å². The van der Waals surface area contributed by atoms with Gasteiger partial charge in [-0.05, 0) is 69.3 Å². The van der Waals surface area contributed by atoms with Gasteiger partial charge in [-0.3, -0.25) is 19.3 Å². The van der Waals surface area contributed by atoms with Gasteiger partial charge >= 0.3 is 5.91 Å². The topological polar surface area (TPSA) is 108 Å². The largest absolute Gasteiger partial charge is 0.432 e. The SMILES string of the molecule is CC(C(=O)Nc1ccc(N2CC(CNC(=O)c3nc4ccccc4o3)CC2=O)cc1)N1CCCC1. The van der Waals surface area contributed by atoms with Gasteiger partial charge in [-0.25, -0.2) is 4.98 Å². The molecule has 5 rings (SSSR count). The quantitative estimate of drug-likeness (QED) is 0.544. The van der Waals surface area contributed by atoms with E-state index in [1.54, 1.807) is 17.0 Å². The molecule has 1 aromatic heterocycles. The second-order valence-corrected chi connectivity index (χ2v) is 9.23. The highest BCUT2D eigenvalue weighted by molar-refractivity contribution is 5.97. The Kier molecular flexibility index (Phi) is 6.50. The van der Waals surface area contributed by atoms with Crippen molar-refractivity contribution >= 4 is 40.2 Å². The zero-order valence-electron chi connectivity index (χ0n) is 19.7. The average molecular weight is 476 g/mol. The lowest BCUT2D eigenvalue weighted by atomic mass is 10.1. The summed E-state index contributed by atoms with van der Waals surface area (Å²) in [4.78, 5) is 45.8. The van der Waals surface area contributed by atoms with E-state index in [9.17, 15) is 14.4 Å². The van der Waals surface area contributed by atoms with Crippen LogP contribution in [-0.4, -0.2) is 59.8 Å². The number of amides is 3. The molecule has 2 N–H and O–H groups in total. The van der Waals surface area contributed by atoms with Crippen molar-refractivity contribution in [2.24, 2.45) is 5.92 Å². The van der Waals surface area contributed by atoms with E-state index in [1.807, 2.05) is 43.3 Å². The summed E-state index contributed by atoms with van der Waals surface area (Å²) in [6.07, 6.45) is 2.62. The number of fused-ring (bicyclic) bond motifs is 1. The van der Waals surface area contributed by atoms with E-state index < -0.39 is 5.91 Å². The molecule has 3 amide bonds. The molecule has 0 saturated carbocycles. The van der Waals surface area contributed by atoms with Crippen molar-refractivity contribution < 1.29 is 18.8 Å². The first-order chi connectivity index (χ1) is 17.0. The molecular weight excluding hydrogens is 446 g/mol. The third-order valence-electron chi connectivity index (χ3n) is 6.76. The molecule has 3 heterocycles. The maximum atomic E-state index is 12.6. The van der Waals surface area contributed by atoms with Crippen molar-refractivity contribution in [1.29, 1.82) is 0 Å². The van der Waals surface area contributed by atoms with Crippen LogP contribution in [0.5, 0.6) is 0 Å². The maximum Gasteiger partial charge on any atom is 0.307 e. The fourth-order valence-corrected chi connectivity index (χ4v) is 4.72. The number of hydrogen-bond donors (Lipinski definition) is 2. The third-order valence-corrected chi connectivity index (χ3v) is 6.76. The molecule has 0 radical (unpaired) electrons. The van der Waals surface area contributed by atoms with Gasteiger partial charge in [0.2, 0.25) is 11.8 Å². The monoisotopic (exact) mass is 475 g/mol. The number of aromatic nitrogens is 1. The summed E-state index contributed by atoms with van der Waals surface area (Å²) in [5.41, 5.74) is 2.67. The third kappa shape index (κ3) is 5.05. The molecule has 2 atom stereocenters. The first kappa shape index (κ1) is 23.0. The molecule has 2 aliphatic rings. The Morgan fingerprint density at radius 3 is 2.60 bits per heavy atom. The molecule has 3 aromatic rings. The smallest absolute Gasteiger partial charge is 0.307 e. The fraction of sp³-hybridized carbons (Fsp3) is 0.385. The highest BCUT2D eigenvalue weighted by Crippen LogP contribution is 2.26. The molecule has 9 heteroatoms. The Bertz CT molecular complexity index is 1200. The van der Waals surface area contributed by atoms with E-state index >= 15 is 0 Å². The van der Waals surface area contributed by atoms with Crippen molar-refractivity contribution in [2.75, 3.05) is 36.4 Å². The van der Waals surface area contributed by atoms with E-state index in [1.165, 1.54) is 0 Å². The van der Waals surface area contributed by atoms with Crippen LogP contribution in [0.25, 0.3) is 11.1 Å². The summed E-state index contributed by atoms with van der Waals surface area (Å²) >= 11 is 0. The normalized spacial score (nSPS) is 19.3. The molecule has 2 unspecified atom stereocenters. The summed E-state index contributed by atoms with van der Waals surface area (Å²) in [6, 6.07) is 14.4. The minimum atomic E-state index is -0.393. The van der Waals surface area contributed by atoms with Gasteiger partial charge in [-0.1, -0.05) is 12.1 Å². The molecule has 2 aliphatic heterocycles. The van der Waals surface area contributed by atoms with Crippen molar-refractivity contribution in [3.63, 3.8) is 0 Å². The van der Waals surface area contributed by atoms with Gasteiger partial charge in [0.1, 0.15) is 5.52 Å². The molecule has 0 spiro atoms. The van der Waals surface area contributed by atoms with E-state index in [0.717, 1.165) is 31.6 Å². The molecule has 9 nitrogen and oxygen atoms in total. The lowest BCUT2D eigenvalue weighted by molar-refractivity contribution is -0.120. The summed E-state index contributed by atoms with van der Waals surface area (Å²) in [7, 11) is 0. The predicted molar refractivity (Wildman–Crippen MR) is 132 cm³/mol. The molecule has 0 aliphatic carbocycles. The van der Waals surface area contributed by atoms with E-state index in [-0.39, 0.29) is 29.7 Å². The zero-order valence-corrected chi connectivity index (χ0v) is 19.7. The molecule has 2 fully saturated rings. The summed E-state index contributed by atoms with van der Waals surface area (Å²) in [5.74, 6) is -0.409. The number of benzene rings is 2. The van der Waals surface area contributed by atoms with Crippen LogP contribution >= 0.6 is 0 Å². The Morgan fingerprint density at radius 2 is 1.86 bits per heavy atom. The van der Waals surface area contributed by atoms with Crippen LogP contribution in [0.15, 0.2) is 52.9 Å². The average Bonchev–Trinajstić information content (AvgIpc) is 3.62. The van der Waals surface area contributed by atoms with E-state index in [4.69, 9.17) is 4.42 Å². The molecule has 0 bridgehead atoms. The van der Waals surface area contributed by atoms with Crippen LogP contribution in [0.2, 0.25) is 0 Å². The Hall–Kier alpha value is -3.72. The van der Waals surface area contributed by atoms with Crippen LogP contribution in [0.4, 0.5) is 11.4 Å². The first-order valence-corrected chi connectivity index (χ1v) is 12.1. The number of hydrogen-bond acceptors (Lipinski definition) is 6. The fourth-order valence-electron chi connectivity index (χ4n) is 4.72. The van der Waals surface area contributed by atoms with Gasteiger partial charge < -0.3 is 20.0 Å². The summed E-state index contributed by atoms with van der Waals surface area (Å²) in [6.45, 7) is 4.70. The number of rotatable bonds is 7. The van der Waals surface area contributed by atoms with Gasteiger partial charge in [0.15, 0.2) is 5.58 Å². The first-order valence-electron chi connectivity index (χ1n) is 12.1.